The molecule has 162 valence electrons. The van der Waals surface area contributed by atoms with Gasteiger partial charge in [0, 0.05) is 23.3 Å². The molecule has 0 fully saturated rings. The quantitative estimate of drug-likeness (QED) is 0.464. The molecular weight excluding hydrogens is 410 g/mol. The van der Waals surface area contributed by atoms with Crippen molar-refractivity contribution in [3.8, 4) is 5.75 Å². The Kier molecular flexibility index (Phi) is 6.51. The zero-order valence-electron chi connectivity index (χ0n) is 18.1. The van der Waals surface area contributed by atoms with E-state index in [1.165, 1.54) is 0 Å². The highest BCUT2D eigenvalue weighted by molar-refractivity contribution is 6.30. The van der Waals surface area contributed by atoms with Gasteiger partial charge in [-0.3, -0.25) is 0 Å². The largest absolute Gasteiger partial charge is 0.485 e. The molecule has 0 aliphatic carbocycles. The number of rotatable bonds is 7. The summed E-state index contributed by atoms with van der Waals surface area (Å²) in [6, 6.07) is 24.0. The van der Waals surface area contributed by atoms with Crippen LogP contribution in [0.15, 0.2) is 72.8 Å². The molecule has 3 aromatic carbocycles. The molecule has 1 aliphatic rings. The van der Waals surface area contributed by atoms with Crippen LogP contribution in [0.3, 0.4) is 0 Å². The minimum Gasteiger partial charge on any atom is -0.485 e. The Hall–Kier alpha value is -2.53. The monoisotopic (exact) mass is 437 g/mol. The van der Waals surface area contributed by atoms with E-state index < -0.39 is 5.60 Å². The van der Waals surface area contributed by atoms with E-state index in [0.29, 0.717) is 18.2 Å². The molecule has 4 rings (SSSR count). The lowest BCUT2D eigenvalue weighted by molar-refractivity contribution is -0.170. The third kappa shape index (κ3) is 5.04. The molecule has 0 bridgehead atoms. The fraction of sp³-hybridized carbons (Fsp3) is 0.308. The second-order valence-corrected chi connectivity index (χ2v) is 8.72. The smallest absolute Gasteiger partial charge is 0.132 e. The van der Waals surface area contributed by atoms with Crippen molar-refractivity contribution in [3.05, 3.63) is 94.5 Å². The van der Waals surface area contributed by atoms with Crippen LogP contribution in [0.25, 0.3) is 0 Å². The van der Waals surface area contributed by atoms with Gasteiger partial charge in [0.1, 0.15) is 23.6 Å². The van der Waals surface area contributed by atoms with E-state index in [4.69, 9.17) is 25.8 Å². The first kappa shape index (κ1) is 21.7. The van der Waals surface area contributed by atoms with Crippen LogP contribution in [-0.4, -0.2) is 18.8 Å². The lowest BCUT2D eigenvalue weighted by Gasteiger charge is -2.44. The number of nitrogens with one attached hydrogen (secondary N) is 1. The van der Waals surface area contributed by atoms with Crippen molar-refractivity contribution in [1.82, 2.24) is 0 Å². The number of ether oxygens (including phenoxy) is 3. The van der Waals surface area contributed by atoms with Crippen molar-refractivity contribution in [3.63, 3.8) is 0 Å². The van der Waals surface area contributed by atoms with Crippen molar-refractivity contribution >= 4 is 17.3 Å². The van der Waals surface area contributed by atoms with Crippen molar-refractivity contribution < 1.29 is 14.2 Å². The van der Waals surface area contributed by atoms with Gasteiger partial charge in [-0.25, -0.2) is 0 Å². The summed E-state index contributed by atoms with van der Waals surface area (Å²) in [5.41, 5.74) is 3.54. The Labute approximate surface area is 189 Å². The molecule has 0 saturated carbocycles. The first-order valence-corrected chi connectivity index (χ1v) is 10.9. The van der Waals surface area contributed by atoms with E-state index in [-0.39, 0.29) is 12.2 Å². The fourth-order valence-corrected chi connectivity index (χ4v) is 4.14. The van der Waals surface area contributed by atoms with Crippen molar-refractivity contribution in [2.45, 2.75) is 44.9 Å². The van der Waals surface area contributed by atoms with E-state index in [0.717, 1.165) is 28.1 Å². The standard InChI is InChI=1S/C26H28ClNO3/c1-26(2)25(30-17-19-10-7-11-20(27)14-19)24(29-16-18-8-5-4-6-9-18)22-15-21(28-3)12-13-23(22)31-26/h4-15,24-25,28H,16-17H2,1-3H3. The SMILES string of the molecule is CNc1ccc2c(c1)C(OCc1ccccc1)C(OCc1cccc(Cl)c1)C(C)(C)O2. The second kappa shape index (κ2) is 9.31. The topological polar surface area (TPSA) is 39.7 Å². The van der Waals surface area contributed by atoms with Crippen LogP contribution < -0.4 is 10.1 Å². The van der Waals surface area contributed by atoms with Gasteiger partial charge in [0.05, 0.1) is 13.2 Å². The summed E-state index contributed by atoms with van der Waals surface area (Å²) >= 11 is 6.16. The van der Waals surface area contributed by atoms with Gasteiger partial charge in [-0.2, -0.15) is 0 Å². The summed E-state index contributed by atoms with van der Waals surface area (Å²) < 4.78 is 19.3. The number of fused-ring (bicyclic) bond motifs is 1. The molecule has 0 saturated heterocycles. The summed E-state index contributed by atoms with van der Waals surface area (Å²) in [4.78, 5) is 0. The number of benzene rings is 3. The average Bonchev–Trinajstić information content (AvgIpc) is 2.76. The van der Waals surface area contributed by atoms with Gasteiger partial charge in [0.2, 0.25) is 0 Å². The van der Waals surface area contributed by atoms with Gasteiger partial charge in [-0.05, 0) is 55.3 Å². The van der Waals surface area contributed by atoms with Gasteiger partial charge < -0.3 is 19.5 Å². The maximum atomic E-state index is 6.50. The Morgan fingerprint density at radius 2 is 1.65 bits per heavy atom. The zero-order valence-corrected chi connectivity index (χ0v) is 18.9. The van der Waals surface area contributed by atoms with Crippen LogP contribution in [0.4, 0.5) is 5.69 Å². The molecule has 4 nitrogen and oxygen atoms in total. The summed E-state index contributed by atoms with van der Waals surface area (Å²) in [6.45, 7) is 5.00. The summed E-state index contributed by atoms with van der Waals surface area (Å²) in [7, 11) is 1.91. The molecule has 1 aliphatic heterocycles. The lowest BCUT2D eigenvalue weighted by atomic mass is 9.87. The molecule has 0 aromatic heterocycles. The van der Waals surface area contributed by atoms with Gasteiger partial charge >= 0.3 is 0 Å². The van der Waals surface area contributed by atoms with Crippen molar-refractivity contribution in [1.29, 1.82) is 0 Å². The number of hydrogen-bond donors (Lipinski definition) is 1. The maximum Gasteiger partial charge on any atom is 0.132 e. The van der Waals surface area contributed by atoms with E-state index in [9.17, 15) is 0 Å². The third-order valence-corrected chi connectivity index (χ3v) is 5.76. The van der Waals surface area contributed by atoms with Crippen LogP contribution in [0, 0.1) is 0 Å². The molecule has 2 atom stereocenters. The first-order valence-electron chi connectivity index (χ1n) is 10.5. The van der Waals surface area contributed by atoms with Crippen LogP contribution in [0.2, 0.25) is 5.02 Å². The van der Waals surface area contributed by atoms with Crippen LogP contribution >= 0.6 is 11.6 Å². The number of anilines is 1. The minimum atomic E-state index is -0.575. The molecule has 1 heterocycles. The second-order valence-electron chi connectivity index (χ2n) is 8.29. The molecule has 31 heavy (non-hydrogen) atoms. The molecular formula is C26H28ClNO3. The fourth-order valence-electron chi connectivity index (χ4n) is 3.93. The van der Waals surface area contributed by atoms with E-state index >= 15 is 0 Å². The summed E-state index contributed by atoms with van der Waals surface area (Å²) in [5.74, 6) is 0.824. The van der Waals surface area contributed by atoms with Crippen LogP contribution in [-0.2, 0) is 22.7 Å². The van der Waals surface area contributed by atoms with Gasteiger partial charge in [-0.1, -0.05) is 54.1 Å². The maximum absolute atomic E-state index is 6.50. The van der Waals surface area contributed by atoms with Crippen molar-refractivity contribution in [2.24, 2.45) is 0 Å². The highest BCUT2D eigenvalue weighted by atomic mass is 35.5. The Bertz CT molecular complexity index is 1020. The molecule has 0 amide bonds. The van der Waals surface area contributed by atoms with E-state index in [2.05, 4.69) is 23.5 Å². The molecule has 0 spiro atoms. The summed E-state index contributed by atoms with van der Waals surface area (Å²) in [5, 5.41) is 3.90. The lowest BCUT2D eigenvalue weighted by Crippen LogP contribution is -2.50. The van der Waals surface area contributed by atoms with Gasteiger partial charge in [0.25, 0.3) is 0 Å². The third-order valence-electron chi connectivity index (χ3n) is 5.53. The highest BCUT2D eigenvalue weighted by Gasteiger charge is 2.45. The van der Waals surface area contributed by atoms with Gasteiger partial charge in [-0.15, -0.1) is 0 Å². The van der Waals surface area contributed by atoms with Crippen molar-refractivity contribution in [2.75, 3.05) is 12.4 Å². The molecule has 2 unspecified atom stereocenters. The average molecular weight is 438 g/mol. The normalized spacial score (nSPS) is 19.4. The summed E-state index contributed by atoms with van der Waals surface area (Å²) in [6.07, 6.45) is -0.596. The Morgan fingerprint density at radius 1 is 0.903 bits per heavy atom. The Morgan fingerprint density at radius 3 is 2.39 bits per heavy atom. The Balaban J connectivity index is 1.64. The highest BCUT2D eigenvalue weighted by Crippen LogP contribution is 2.45. The van der Waals surface area contributed by atoms with Crippen LogP contribution in [0.5, 0.6) is 5.75 Å². The molecule has 5 heteroatoms. The number of hydrogen-bond acceptors (Lipinski definition) is 4. The predicted molar refractivity (Wildman–Crippen MR) is 125 cm³/mol. The first-order chi connectivity index (χ1) is 15.0. The zero-order chi connectivity index (χ0) is 21.8. The number of halogens is 1. The predicted octanol–water partition coefficient (Wildman–Crippen LogP) is 6.40. The van der Waals surface area contributed by atoms with E-state index in [1.807, 2.05) is 75.5 Å². The molecule has 1 N–H and O–H groups in total. The minimum absolute atomic E-state index is 0.286. The van der Waals surface area contributed by atoms with E-state index in [1.54, 1.807) is 0 Å². The van der Waals surface area contributed by atoms with Crippen LogP contribution in [0.1, 0.15) is 36.6 Å². The molecule has 0 radical (unpaired) electrons. The van der Waals surface area contributed by atoms with Gasteiger partial charge in [0.15, 0.2) is 0 Å². The molecule has 3 aromatic rings.